The number of benzene rings is 3. The Balaban J connectivity index is 1.92. The van der Waals surface area contributed by atoms with Gasteiger partial charge in [0.1, 0.15) is 17.0 Å². The summed E-state index contributed by atoms with van der Waals surface area (Å²) < 4.78 is 31.7. The minimum Gasteiger partial charge on any atom is -0.394 e. The Morgan fingerprint density at radius 3 is 2.50 bits per heavy atom. The zero-order chi connectivity index (χ0) is 30.7. The number of rotatable bonds is 10. The second-order valence-electron chi connectivity index (χ2n) is 11.3. The first kappa shape index (κ1) is 31.9. The maximum atomic E-state index is 15.9. The Morgan fingerprint density at radius 1 is 1.14 bits per heavy atom. The predicted octanol–water partition coefficient (Wildman–Crippen LogP) is 5.38. The molecule has 42 heavy (non-hydrogen) atoms. The summed E-state index contributed by atoms with van der Waals surface area (Å²) in [5.41, 5.74) is -1.41. The first-order valence-corrected chi connectivity index (χ1v) is 14.4. The summed E-state index contributed by atoms with van der Waals surface area (Å²) >= 11 is 12.3. The lowest BCUT2D eigenvalue weighted by Crippen LogP contribution is -2.47. The van der Waals surface area contributed by atoms with Gasteiger partial charge in [0.2, 0.25) is 5.91 Å². The molecule has 3 aromatic rings. The van der Waals surface area contributed by atoms with Crippen molar-refractivity contribution in [3.63, 3.8) is 0 Å². The van der Waals surface area contributed by atoms with Gasteiger partial charge in [-0.1, -0.05) is 85.6 Å². The molecule has 1 fully saturated rings. The van der Waals surface area contributed by atoms with Crippen LogP contribution in [0.15, 0.2) is 66.7 Å². The third kappa shape index (κ3) is 6.17. The molecule has 10 heteroatoms. The minimum atomic E-state index is -1.78. The van der Waals surface area contributed by atoms with Crippen LogP contribution in [-0.4, -0.2) is 47.5 Å². The summed E-state index contributed by atoms with van der Waals surface area (Å²) in [5, 5.41) is 35.9. The fourth-order valence-electron chi connectivity index (χ4n) is 6.03. The normalized spacial score (nSPS) is 22.9. The molecule has 0 spiro atoms. The molecule has 0 aliphatic carbocycles. The molecule has 0 aromatic heterocycles. The summed E-state index contributed by atoms with van der Waals surface area (Å²) in [6.45, 7) is 3.52. The van der Waals surface area contributed by atoms with Crippen LogP contribution in [0.4, 0.5) is 8.78 Å². The minimum absolute atomic E-state index is 0.0124. The molecule has 5 atom stereocenters. The fourth-order valence-corrected chi connectivity index (χ4v) is 6.37. The Hall–Kier alpha value is -3.06. The average molecular weight is 617 g/mol. The van der Waals surface area contributed by atoms with Gasteiger partial charge in [-0.3, -0.25) is 4.79 Å². The molecule has 0 bridgehead atoms. The summed E-state index contributed by atoms with van der Waals surface area (Å²) in [6, 6.07) is 18.2. The lowest BCUT2D eigenvalue weighted by Gasteiger charge is -2.38. The number of carbonyl (C=O) groups excluding carboxylic acids is 1. The molecule has 0 saturated carbocycles. The molecule has 1 amide bonds. The SMILES string of the molecule is CC(C)(C[C@@H]1N[C@@H](C(=O)NCC[C@H](O)CO)[C@H](c2cccc(Cl)c2F)[C@@]1(C#N)c1ccc(Cl)cc1F)c1ccccc1. The van der Waals surface area contributed by atoms with Gasteiger partial charge >= 0.3 is 0 Å². The number of hydrogen-bond acceptors (Lipinski definition) is 5. The van der Waals surface area contributed by atoms with Crippen LogP contribution in [0.1, 0.15) is 49.3 Å². The van der Waals surface area contributed by atoms with Crippen molar-refractivity contribution in [2.24, 2.45) is 0 Å². The molecule has 4 rings (SSSR count). The van der Waals surface area contributed by atoms with Gasteiger partial charge in [0.05, 0.1) is 29.8 Å². The van der Waals surface area contributed by atoms with Crippen LogP contribution in [0.5, 0.6) is 0 Å². The first-order chi connectivity index (χ1) is 20.0. The largest absolute Gasteiger partial charge is 0.394 e. The van der Waals surface area contributed by atoms with E-state index in [0.29, 0.717) is 0 Å². The Morgan fingerprint density at radius 2 is 1.86 bits per heavy atom. The van der Waals surface area contributed by atoms with E-state index in [0.717, 1.165) is 11.6 Å². The van der Waals surface area contributed by atoms with Crippen LogP contribution in [0, 0.1) is 23.0 Å². The molecular weight excluding hydrogens is 583 g/mol. The third-order valence-electron chi connectivity index (χ3n) is 8.17. The fraction of sp³-hybridized carbons (Fsp3) is 0.375. The van der Waals surface area contributed by atoms with Gasteiger partial charge in [-0.2, -0.15) is 5.26 Å². The van der Waals surface area contributed by atoms with Crippen LogP contribution in [0.25, 0.3) is 0 Å². The average Bonchev–Trinajstić information content (AvgIpc) is 3.28. The number of nitrogens with zero attached hydrogens (tertiary/aromatic N) is 1. The number of amides is 1. The predicted molar refractivity (Wildman–Crippen MR) is 158 cm³/mol. The van der Waals surface area contributed by atoms with E-state index in [1.807, 2.05) is 44.2 Å². The maximum absolute atomic E-state index is 15.9. The van der Waals surface area contributed by atoms with Crippen molar-refractivity contribution in [1.29, 1.82) is 5.26 Å². The number of carbonyl (C=O) groups is 1. The van der Waals surface area contributed by atoms with Crippen LogP contribution in [0.3, 0.4) is 0 Å². The standard InChI is InChI=1S/C32H33Cl2F2N3O3/c1-31(2,19-7-4-3-5-8-19)16-26-32(18-37,23-12-11-20(33)15-25(23)35)27(22-9-6-10-24(34)28(22)36)29(39-26)30(42)38-14-13-21(41)17-40/h3-12,15,21,26-27,29,39-41H,13-14,16-17H2,1-2H3,(H,38,42)/t21-,26-,27-,29+,32-/m0/s1. The molecule has 6 nitrogen and oxygen atoms in total. The monoisotopic (exact) mass is 615 g/mol. The van der Waals surface area contributed by atoms with Crippen molar-refractivity contribution in [2.45, 2.75) is 61.6 Å². The lowest BCUT2D eigenvalue weighted by molar-refractivity contribution is -0.123. The van der Waals surface area contributed by atoms with E-state index >= 15 is 8.78 Å². The summed E-state index contributed by atoms with van der Waals surface area (Å²) in [4.78, 5) is 13.8. The first-order valence-electron chi connectivity index (χ1n) is 13.6. The van der Waals surface area contributed by atoms with Crippen molar-refractivity contribution in [3.8, 4) is 6.07 Å². The molecule has 222 valence electrons. The molecule has 0 radical (unpaired) electrons. The van der Waals surface area contributed by atoms with E-state index in [1.165, 1.54) is 30.3 Å². The summed E-state index contributed by atoms with van der Waals surface area (Å²) in [7, 11) is 0. The van der Waals surface area contributed by atoms with E-state index in [-0.39, 0.29) is 40.6 Å². The highest BCUT2D eigenvalue weighted by Crippen LogP contribution is 2.53. The van der Waals surface area contributed by atoms with Gasteiger partial charge in [0, 0.05) is 29.1 Å². The summed E-state index contributed by atoms with van der Waals surface area (Å²) in [6.07, 6.45) is -0.688. The smallest absolute Gasteiger partial charge is 0.237 e. The highest BCUT2D eigenvalue weighted by Gasteiger charge is 2.61. The van der Waals surface area contributed by atoms with E-state index in [1.54, 1.807) is 0 Å². The van der Waals surface area contributed by atoms with E-state index < -0.39 is 59.1 Å². The van der Waals surface area contributed by atoms with Gasteiger partial charge in [-0.15, -0.1) is 0 Å². The maximum Gasteiger partial charge on any atom is 0.237 e. The number of aliphatic hydroxyl groups is 2. The Labute approximate surface area is 254 Å². The zero-order valence-corrected chi connectivity index (χ0v) is 24.8. The van der Waals surface area contributed by atoms with Gasteiger partial charge < -0.3 is 20.8 Å². The van der Waals surface area contributed by atoms with Crippen molar-refractivity contribution < 1.29 is 23.8 Å². The van der Waals surface area contributed by atoms with E-state index in [9.17, 15) is 15.2 Å². The van der Waals surface area contributed by atoms with Crippen LogP contribution < -0.4 is 10.6 Å². The number of hydrogen-bond donors (Lipinski definition) is 4. The van der Waals surface area contributed by atoms with Crippen molar-refractivity contribution in [3.05, 3.63) is 105 Å². The molecular formula is C32H33Cl2F2N3O3. The molecule has 3 aromatic carbocycles. The summed E-state index contributed by atoms with van der Waals surface area (Å²) in [5.74, 6) is -3.35. The van der Waals surface area contributed by atoms with Crippen LogP contribution in [-0.2, 0) is 15.6 Å². The second-order valence-corrected chi connectivity index (χ2v) is 12.1. The van der Waals surface area contributed by atoms with E-state index in [2.05, 4.69) is 16.7 Å². The molecule has 1 aliphatic heterocycles. The van der Waals surface area contributed by atoms with Crippen molar-refractivity contribution in [1.82, 2.24) is 10.6 Å². The topological polar surface area (TPSA) is 105 Å². The molecule has 1 heterocycles. The molecule has 0 unspecified atom stereocenters. The number of nitrogens with one attached hydrogen (secondary N) is 2. The number of nitriles is 1. The Kier molecular flexibility index (Phi) is 9.92. The Bertz CT molecular complexity index is 1470. The second kappa shape index (κ2) is 13.1. The van der Waals surface area contributed by atoms with Crippen LogP contribution in [0.2, 0.25) is 10.0 Å². The van der Waals surface area contributed by atoms with Crippen molar-refractivity contribution >= 4 is 29.1 Å². The quantitative estimate of drug-likeness (QED) is 0.245. The van der Waals surface area contributed by atoms with Gasteiger partial charge in [0.15, 0.2) is 0 Å². The lowest BCUT2D eigenvalue weighted by atomic mass is 9.62. The number of halogens is 4. The molecule has 1 aliphatic rings. The zero-order valence-electron chi connectivity index (χ0n) is 23.3. The third-order valence-corrected chi connectivity index (χ3v) is 8.70. The van der Waals surface area contributed by atoms with Gasteiger partial charge in [-0.05, 0) is 47.6 Å². The van der Waals surface area contributed by atoms with Gasteiger partial charge in [0.25, 0.3) is 0 Å². The van der Waals surface area contributed by atoms with Gasteiger partial charge in [-0.25, -0.2) is 8.78 Å². The molecule has 1 saturated heterocycles. The highest BCUT2D eigenvalue weighted by molar-refractivity contribution is 6.31. The van der Waals surface area contributed by atoms with Crippen molar-refractivity contribution in [2.75, 3.05) is 13.2 Å². The number of aliphatic hydroxyl groups excluding tert-OH is 2. The van der Waals surface area contributed by atoms with E-state index in [4.69, 9.17) is 28.3 Å². The molecule has 4 N–H and O–H groups in total. The highest BCUT2D eigenvalue weighted by atomic mass is 35.5. The van der Waals surface area contributed by atoms with Crippen LogP contribution >= 0.6 is 23.2 Å².